The molecule has 1 atom stereocenters. The number of thiophene rings is 1. The Hall–Kier alpha value is -0.390. The lowest BCUT2D eigenvalue weighted by atomic mass is 10.2. The van der Waals surface area contributed by atoms with Gasteiger partial charge >= 0.3 is 0 Å². The summed E-state index contributed by atoms with van der Waals surface area (Å²) in [5, 5.41) is 2.89. The van der Waals surface area contributed by atoms with Gasteiger partial charge < -0.3 is 11.1 Å². The summed E-state index contributed by atoms with van der Waals surface area (Å²) in [5.74, 6) is 0.696. The van der Waals surface area contributed by atoms with Crippen molar-refractivity contribution >= 4 is 33.2 Å². The Bertz CT molecular complexity index is 376. The number of rotatable bonds is 5. The lowest BCUT2D eigenvalue weighted by Crippen LogP contribution is -2.39. The molecule has 5 heteroatoms. The van der Waals surface area contributed by atoms with E-state index in [-0.39, 0.29) is 11.9 Å². The van der Waals surface area contributed by atoms with Crippen LogP contribution in [0.5, 0.6) is 0 Å². The van der Waals surface area contributed by atoms with E-state index in [1.54, 1.807) is 11.3 Å². The molecule has 1 aliphatic rings. The smallest absolute Gasteiger partial charge is 0.225 e. The van der Waals surface area contributed by atoms with Crippen molar-refractivity contribution < 1.29 is 4.79 Å². The van der Waals surface area contributed by atoms with Crippen LogP contribution in [0.1, 0.15) is 17.7 Å². The summed E-state index contributed by atoms with van der Waals surface area (Å²) in [6.45, 7) is 0.607. The molecule has 3 nitrogen and oxygen atoms in total. The molecule has 1 amide bonds. The van der Waals surface area contributed by atoms with Crippen molar-refractivity contribution in [2.45, 2.75) is 25.3 Å². The number of nitrogens with two attached hydrogens (primary N) is 1. The summed E-state index contributed by atoms with van der Waals surface area (Å²) < 4.78 is 1.06. The number of carbonyl (C=O) groups is 1. The number of nitrogens with one attached hydrogen (secondary N) is 1. The second-order valence-corrected chi connectivity index (χ2v) is 6.74. The fourth-order valence-corrected chi connectivity index (χ4v) is 3.07. The van der Waals surface area contributed by atoms with E-state index in [0.29, 0.717) is 18.9 Å². The van der Waals surface area contributed by atoms with Crippen LogP contribution in [-0.4, -0.2) is 18.5 Å². The van der Waals surface area contributed by atoms with Crippen molar-refractivity contribution in [1.82, 2.24) is 5.32 Å². The van der Waals surface area contributed by atoms with Crippen molar-refractivity contribution in [3.63, 3.8) is 0 Å². The molecule has 1 aliphatic carbocycles. The quantitative estimate of drug-likeness (QED) is 0.873. The molecule has 1 unspecified atom stereocenters. The van der Waals surface area contributed by atoms with Gasteiger partial charge in [-0.05, 0) is 46.8 Å². The van der Waals surface area contributed by atoms with Crippen LogP contribution < -0.4 is 11.1 Å². The Morgan fingerprint density at radius 2 is 2.38 bits per heavy atom. The van der Waals surface area contributed by atoms with Crippen LogP contribution in [0.15, 0.2) is 15.9 Å². The zero-order valence-corrected chi connectivity index (χ0v) is 11.3. The van der Waals surface area contributed by atoms with Crippen molar-refractivity contribution in [1.29, 1.82) is 0 Å². The van der Waals surface area contributed by atoms with Crippen LogP contribution in [0.25, 0.3) is 0 Å². The number of halogens is 1. The average molecular weight is 303 g/mol. The van der Waals surface area contributed by atoms with Gasteiger partial charge in [0.2, 0.25) is 5.91 Å². The van der Waals surface area contributed by atoms with E-state index in [0.717, 1.165) is 8.66 Å². The monoisotopic (exact) mass is 302 g/mol. The number of hydrogen-bond donors (Lipinski definition) is 2. The van der Waals surface area contributed by atoms with E-state index in [9.17, 15) is 4.79 Å². The standard InChI is InChI=1S/C11H15BrN2OS/c12-10-4-3-8(16-10)5-11(15)14-6-9(13)7-1-2-7/h3-4,7,9H,1-2,5-6,13H2,(H,14,15). The minimum Gasteiger partial charge on any atom is -0.354 e. The number of amides is 1. The van der Waals surface area contributed by atoms with Gasteiger partial charge in [0, 0.05) is 17.5 Å². The third kappa shape index (κ3) is 3.57. The predicted molar refractivity (Wildman–Crippen MR) is 69.4 cm³/mol. The first-order chi connectivity index (χ1) is 7.65. The third-order valence-electron chi connectivity index (χ3n) is 2.73. The normalized spacial score (nSPS) is 17.1. The molecule has 0 bridgehead atoms. The van der Waals surface area contributed by atoms with E-state index in [4.69, 9.17) is 5.73 Å². The van der Waals surface area contributed by atoms with Gasteiger partial charge in [-0.1, -0.05) is 0 Å². The van der Waals surface area contributed by atoms with Crippen LogP contribution in [0, 0.1) is 5.92 Å². The van der Waals surface area contributed by atoms with Gasteiger partial charge in [-0.3, -0.25) is 4.79 Å². The van der Waals surface area contributed by atoms with E-state index in [1.165, 1.54) is 12.8 Å². The van der Waals surface area contributed by atoms with Gasteiger partial charge in [-0.25, -0.2) is 0 Å². The van der Waals surface area contributed by atoms with Gasteiger partial charge in [0.05, 0.1) is 10.2 Å². The Kier molecular flexibility index (Phi) is 4.00. The van der Waals surface area contributed by atoms with E-state index < -0.39 is 0 Å². The van der Waals surface area contributed by atoms with Crippen molar-refractivity contribution in [3.05, 3.63) is 20.8 Å². The fraction of sp³-hybridized carbons (Fsp3) is 0.545. The lowest BCUT2D eigenvalue weighted by molar-refractivity contribution is -0.120. The molecule has 16 heavy (non-hydrogen) atoms. The number of carbonyl (C=O) groups excluding carboxylic acids is 1. The van der Waals surface area contributed by atoms with Gasteiger partial charge in [0.25, 0.3) is 0 Å². The van der Waals surface area contributed by atoms with Gasteiger partial charge in [-0.15, -0.1) is 11.3 Å². The van der Waals surface area contributed by atoms with Gasteiger partial charge in [0.1, 0.15) is 0 Å². The SMILES string of the molecule is NC(CNC(=O)Cc1ccc(Br)s1)C1CC1. The first kappa shape index (κ1) is 12.1. The second-order valence-electron chi connectivity index (χ2n) is 4.19. The Morgan fingerprint density at radius 3 is 2.94 bits per heavy atom. The van der Waals surface area contributed by atoms with Crippen LogP contribution in [-0.2, 0) is 11.2 Å². The van der Waals surface area contributed by atoms with Crippen molar-refractivity contribution in [3.8, 4) is 0 Å². The Balaban J connectivity index is 1.71. The summed E-state index contributed by atoms with van der Waals surface area (Å²) in [6.07, 6.45) is 2.89. The molecule has 3 N–H and O–H groups in total. The van der Waals surface area contributed by atoms with Crippen LogP contribution >= 0.6 is 27.3 Å². The third-order valence-corrected chi connectivity index (χ3v) is 4.35. The van der Waals surface area contributed by atoms with E-state index >= 15 is 0 Å². The molecule has 0 saturated heterocycles. The maximum atomic E-state index is 11.6. The zero-order chi connectivity index (χ0) is 11.5. The second kappa shape index (κ2) is 5.29. The zero-order valence-electron chi connectivity index (χ0n) is 8.91. The highest BCUT2D eigenvalue weighted by Crippen LogP contribution is 2.31. The highest BCUT2D eigenvalue weighted by Gasteiger charge is 2.28. The summed E-state index contributed by atoms with van der Waals surface area (Å²) in [5.41, 5.74) is 5.91. The summed E-state index contributed by atoms with van der Waals surface area (Å²) >= 11 is 4.97. The topological polar surface area (TPSA) is 55.1 Å². The van der Waals surface area contributed by atoms with Gasteiger partial charge in [-0.2, -0.15) is 0 Å². The van der Waals surface area contributed by atoms with Crippen LogP contribution in [0.4, 0.5) is 0 Å². The highest BCUT2D eigenvalue weighted by molar-refractivity contribution is 9.11. The van der Waals surface area contributed by atoms with Gasteiger partial charge in [0.15, 0.2) is 0 Å². The largest absolute Gasteiger partial charge is 0.354 e. The average Bonchev–Trinajstić information content (AvgIpc) is 3.01. The minimum atomic E-state index is 0.0606. The predicted octanol–water partition coefficient (Wildman–Crippen LogP) is 1.91. The van der Waals surface area contributed by atoms with Crippen LogP contribution in [0.2, 0.25) is 0 Å². The molecule has 2 rings (SSSR count). The van der Waals surface area contributed by atoms with E-state index in [1.807, 2.05) is 12.1 Å². The molecule has 1 aromatic heterocycles. The fourth-order valence-electron chi connectivity index (χ4n) is 1.59. The van der Waals surface area contributed by atoms with E-state index in [2.05, 4.69) is 21.2 Å². The molecule has 0 aromatic carbocycles. The molecular formula is C11H15BrN2OS. The maximum absolute atomic E-state index is 11.6. The minimum absolute atomic E-state index is 0.0606. The Morgan fingerprint density at radius 1 is 1.62 bits per heavy atom. The molecular weight excluding hydrogens is 288 g/mol. The first-order valence-corrected chi connectivity index (χ1v) is 7.02. The molecule has 0 radical (unpaired) electrons. The number of hydrogen-bond acceptors (Lipinski definition) is 3. The first-order valence-electron chi connectivity index (χ1n) is 5.41. The summed E-state index contributed by atoms with van der Waals surface area (Å²) in [7, 11) is 0. The van der Waals surface area contributed by atoms with Crippen molar-refractivity contribution in [2.24, 2.45) is 11.7 Å². The molecule has 1 aromatic rings. The highest BCUT2D eigenvalue weighted by atomic mass is 79.9. The molecule has 88 valence electrons. The molecule has 1 saturated carbocycles. The molecule has 1 heterocycles. The maximum Gasteiger partial charge on any atom is 0.225 e. The Labute approximate surface area is 108 Å². The van der Waals surface area contributed by atoms with Crippen LogP contribution in [0.3, 0.4) is 0 Å². The summed E-state index contributed by atoms with van der Waals surface area (Å²) in [4.78, 5) is 12.7. The van der Waals surface area contributed by atoms with Crippen molar-refractivity contribution in [2.75, 3.05) is 6.54 Å². The lowest BCUT2D eigenvalue weighted by Gasteiger charge is -2.10. The molecule has 0 aliphatic heterocycles. The summed E-state index contributed by atoms with van der Waals surface area (Å²) in [6, 6.07) is 4.07. The molecule has 1 fully saturated rings. The molecule has 0 spiro atoms.